The van der Waals surface area contributed by atoms with E-state index in [1.165, 1.54) is 6.33 Å². The van der Waals surface area contributed by atoms with Crippen molar-refractivity contribution in [3.05, 3.63) is 40.8 Å². The van der Waals surface area contributed by atoms with E-state index in [0.29, 0.717) is 50.7 Å². The van der Waals surface area contributed by atoms with Gasteiger partial charge in [-0.2, -0.15) is 18.3 Å². The highest BCUT2D eigenvalue weighted by Crippen LogP contribution is 2.28. The van der Waals surface area contributed by atoms with Crippen molar-refractivity contribution in [2.45, 2.75) is 32.1 Å². The van der Waals surface area contributed by atoms with Gasteiger partial charge in [0.25, 0.3) is 5.56 Å². The van der Waals surface area contributed by atoms with E-state index in [-0.39, 0.29) is 12.5 Å². The quantitative estimate of drug-likeness (QED) is 0.582. The van der Waals surface area contributed by atoms with Crippen LogP contribution in [0, 0.1) is 5.92 Å². The topological polar surface area (TPSA) is 91.0 Å². The summed E-state index contributed by atoms with van der Waals surface area (Å²) in [6.07, 6.45) is 0.0194. The molecule has 0 atom stereocenters. The maximum atomic E-state index is 12.9. The summed E-state index contributed by atoms with van der Waals surface area (Å²) in [4.78, 5) is 27.2. The van der Waals surface area contributed by atoms with Crippen molar-refractivity contribution in [3.8, 4) is 0 Å². The predicted molar refractivity (Wildman–Crippen MR) is 106 cm³/mol. The van der Waals surface area contributed by atoms with Crippen molar-refractivity contribution in [1.82, 2.24) is 29.3 Å². The molecule has 0 aromatic carbocycles. The lowest BCUT2D eigenvalue weighted by molar-refractivity contribution is -0.142. The molecular weight excluding hydrogens is 415 g/mol. The molecule has 0 bridgehead atoms. The zero-order chi connectivity index (χ0) is 22.0. The van der Waals surface area contributed by atoms with E-state index in [9.17, 15) is 18.0 Å². The fourth-order valence-corrected chi connectivity index (χ4v) is 3.76. The SMILES string of the molecule is COCCn1cnc2c(N3CCC(Cn4nc(C(F)(F)F)ccc4=O)CC3)ncnc21. The molecule has 4 heterocycles. The van der Waals surface area contributed by atoms with E-state index in [0.717, 1.165) is 22.2 Å². The van der Waals surface area contributed by atoms with Crippen LogP contribution >= 0.6 is 0 Å². The first-order valence-electron chi connectivity index (χ1n) is 9.92. The van der Waals surface area contributed by atoms with E-state index >= 15 is 0 Å². The highest BCUT2D eigenvalue weighted by Gasteiger charge is 2.33. The number of methoxy groups -OCH3 is 1. The Balaban J connectivity index is 1.45. The molecule has 4 rings (SSSR count). The van der Waals surface area contributed by atoms with Gasteiger partial charge in [0.15, 0.2) is 22.7 Å². The third kappa shape index (κ3) is 4.53. The molecule has 0 aliphatic carbocycles. The van der Waals surface area contributed by atoms with Crippen LogP contribution in [-0.4, -0.2) is 56.1 Å². The molecule has 0 unspecified atom stereocenters. The van der Waals surface area contributed by atoms with Gasteiger partial charge in [0.2, 0.25) is 0 Å². The van der Waals surface area contributed by atoms with Crippen molar-refractivity contribution < 1.29 is 17.9 Å². The molecule has 0 N–H and O–H groups in total. The Labute approximate surface area is 175 Å². The molecule has 9 nitrogen and oxygen atoms in total. The summed E-state index contributed by atoms with van der Waals surface area (Å²) in [6.45, 7) is 2.62. The zero-order valence-electron chi connectivity index (χ0n) is 16.9. The first-order chi connectivity index (χ1) is 14.9. The fourth-order valence-electron chi connectivity index (χ4n) is 3.76. The van der Waals surface area contributed by atoms with Gasteiger partial charge in [0.05, 0.1) is 12.9 Å². The van der Waals surface area contributed by atoms with E-state index in [2.05, 4.69) is 25.0 Å². The minimum absolute atomic E-state index is 0.0431. The number of anilines is 1. The minimum Gasteiger partial charge on any atom is -0.383 e. The molecule has 166 valence electrons. The number of fused-ring (bicyclic) bond motifs is 1. The number of imidazole rings is 1. The number of nitrogens with zero attached hydrogens (tertiary/aromatic N) is 7. The molecule has 3 aromatic heterocycles. The Kier molecular flexibility index (Phi) is 5.90. The Bertz CT molecular complexity index is 1100. The largest absolute Gasteiger partial charge is 0.435 e. The number of ether oxygens (including phenoxy) is 1. The van der Waals surface area contributed by atoms with Gasteiger partial charge in [0, 0.05) is 39.4 Å². The highest BCUT2D eigenvalue weighted by molar-refractivity contribution is 5.83. The standard InChI is InChI=1S/C19H22F3N7O2/c1-31-9-8-28-12-25-16-17(23-11-24-18(16)28)27-6-4-13(5-7-27)10-29-15(30)3-2-14(26-29)19(20,21)22/h2-3,11-13H,4-10H2,1H3. The number of aromatic nitrogens is 6. The molecule has 1 aliphatic heterocycles. The summed E-state index contributed by atoms with van der Waals surface area (Å²) in [5.74, 6) is 0.774. The van der Waals surface area contributed by atoms with Crippen LogP contribution in [-0.2, 0) is 24.0 Å². The van der Waals surface area contributed by atoms with E-state index in [1.807, 2.05) is 4.57 Å². The second kappa shape index (κ2) is 8.61. The monoisotopic (exact) mass is 437 g/mol. The van der Waals surface area contributed by atoms with Gasteiger partial charge in [0.1, 0.15) is 6.33 Å². The first-order valence-corrected chi connectivity index (χ1v) is 9.92. The van der Waals surface area contributed by atoms with Gasteiger partial charge in [-0.05, 0) is 24.8 Å². The molecular formula is C19H22F3N7O2. The summed E-state index contributed by atoms with van der Waals surface area (Å²) in [6, 6.07) is 1.63. The van der Waals surface area contributed by atoms with Crippen LogP contribution in [0.2, 0.25) is 0 Å². The van der Waals surface area contributed by atoms with Crippen molar-refractivity contribution in [1.29, 1.82) is 0 Å². The van der Waals surface area contributed by atoms with Gasteiger partial charge >= 0.3 is 6.18 Å². The number of halogens is 3. The number of rotatable bonds is 6. The second-order valence-electron chi connectivity index (χ2n) is 7.47. The summed E-state index contributed by atoms with van der Waals surface area (Å²) < 4.78 is 46.6. The van der Waals surface area contributed by atoms with Gasteiger partial charge in [-0.1, -0.05) is 0 Å². The number of hydrogen-bond acceptors (Lipinski definition) is 7. The van der Waals surface area contributed by atoms with Gasteiger partial charge in [-0.3, -0.25) is 4.79 Å². The molecule has 1 fully saturated rings. The molecule has 12 heteroatoms. The van der Waals surface area contributed by atoms with Crippen LogP contribution in [0.1, 0.15) is 18.5 Å². The van der Waals surface area contributed by atoms with Crippen LogP contribution in [0.5, 0.6) is 0 Å². The van der Waals surface area contributed by atoms with Crippen molar-refractivity contribution >= 4 is 17.0 Å². The Morgan fingerprint density at radius 2 is 1.94 bits per heavy atom. The van der Waals surface area contributed by atoms with E-state index in [4.69, 9.17) is 4.74 Å². The third-order valence-electron chi connectivity index (χ3n) is 5.42. The third-order valence-corrected chi connectivity index (χ3v) is 5.42. The van der Waals surface area contributed by atoms with Gasteiger partial charge < -0.3 is 14.2 Å². The summed E-state index contributed by atoms with van der Waals surface area (Å²) in [7, 11) is 1.63. The lowest BCUT2D eigenvalue weighted by Crippen LogP contribution is -2.37. The van der Waals surface area contributed by atoms with Crippen LogP contribution in [0.4, 0.5) is 19.0 Å². The van der Waals surface area contributed by atoms with Crippen LogP contribution in [0.25, 0.3) is 11.2 Å². The lowest BCUT2D eigenvalue weighted by Gasteiger charge is -2.32. The molecule has 0 spiro atoms. The number of hydrogen-bond donors (Lipinski definition) is 0. The average Bonchev–Trinajstić information content (AvgIpc) is 3.17. The molecule has 3 aromatic rings. The first kappa shape index (κ1) is 21.2. The highest BCUT2D eigenvalue weighted by atomic mass is 19.4. The van der Waals surface area contributed by atoms with Crippen LogP contribution in [0.15, 0.2) is 29.6 Å². The van der Waals surface area contributed by atoms with Crippen molar-refractivity contribution in [2.24, 2.45) is 5.92 Å². The van der Waals surface area contributed by atoms with E-state index in [1.54, 1.807) is 13.4 Å². The number of alkyl halides is 3. The summed E-state index contributed by atoms with van der Waals surface area (Å²) in [5.41, 5.74) is -0.164. The van der Waals surface area contributed by atoms with E-state index < -0.39 is 17.4 Å². The molecule has 0 radical (unpaired) electrons. The van der Waals surface area contributed by atoms with Gasteiger partial charge in [-0.25, -0.2) is 19.6 Å². The van der Waals surface area contributed by atoms with Gasteiger partial charge in [-0.15, -0.1) is 0 Å². The molecule has 0 amide bonds. The zero-order valence-corrected chi connectivity index (χ0v) is 16.9. The average molecular weight is 437 g/mol. The summed E-state index contributed by atoms with van der Waals surface area (Å²) >= 11 is 0. The van der Waals surface area contributed by atoms with Crippen LogP contribution in [0.3, 0.4) is 0 Å². The maximum absolute atomic E-state index is 12.9. The Hall–Kier alpha value is -3.02. The van der Waals surface area contributed by atoms with Crippen molar-refractivity contribution in [3.63, 3.8) is 0 Å². The molecule has 1 aliphatic rings. The predicted octanol–water partition coefficient (Wildman–Crippen LogP) is 1.96. The fraction of sp³-hybridized carbons (Fsp3) is 0.526. The van der Waals surface area contributed by atoms with Crippen molar-refractivity contribution in [2.75, 3.05) is 31.7 Å². The Morgan fingerprint density at radius 1 is 1.16 bits per heavy atom. The molecule has 0 saturated carbocycles. The Morgan fingerprint density at radius 3 is 2.65 bits per heavy atom. The second-order valence-corrected chi connectivity index (χ2v) is 7.47. The maximum Gasteiger partial charge on any atom is 0.435 e. The van der Waals surface area contributed by atoms with Crippen LogP contribution < -0.4 is 10.5 Å². The summed E-state index contributed by atoms with van der Waals surface area (Å²) in [5, 5.41) is 3.50. The number of piperidine rings is 1. The smallest absolute Gasteiger partial charge is 0.383 e. The minimum atomic E-state index is -4.58. The normalized spacial score (nSPS) is 15.7. The molecule has 1 saturated heterocycles. The molecule has 31 heavy (non-hydrogen) atoms. The lowest BCUT2D eigenvalue weighted by atomic mass is 9.97.